The van der Waals surface area contributed by atoms with Crippen molar-refractivity contribution in [2.24, 2.45) is 5.92 Å². The van der Waals surface area contributed by atoms with Crippen molar-refractivity contribution in [1.82, 2.24) is 15.6 Å². The summed E-state index contributed by atoms with van der Waals surface area (Å²) in [5.74, 6) is -1.87. The molecule has 0 saturated heterocycles. The molecule has 0 aliphatic heterocycles. The number of ether oxygens (including phenoxy) is 1. The number of carboxylic acid groups (broad SMARTS) is 1. The highest BCUT2D eigenvalue weighted by molar-refractivity contribution is 5.90. The lowest BCUT2D eigenvalue weighted by Gasteiger charge is -2.19. The summed E-state index contributed by atoms with van der Waals surface area (Å²) in [6.07, 6.45) is 2.17. The van der Waals surface area contributed by atoms with Crippen LogP contribution in [0.3, 0.4) is 0 Å². The fourth-order valence-corrected chi connectivity index (χ4v) is 2.60. The van der Waals surface area contributed by atoms with E-state index in [-0.39, 0.29) is 30.9 Å². The molecule has 1 heterocycles. The molecule has 0 aliphatic rings. The fourth-order valence-electron chi connectivity index (χ4n) is 2.60. The van der Waals surface area contributed by atoms with E-state index in [2.05, 4.69) is 15.6 Å². The summed E-state index contributed by atoms with van der Waals surface area (Å²) in [7, 11) is 0. The molecular weight excluding hydrogens is 350 g/mol. The molecule has 1 aromatic heterocycles. The van der Waals surface area contributed by atoms with Gasteiger partial charge in [0.05, 0.1) is 6.61 Å². The summed E-state index contributed by atoms with van der Waals surface area (Å²) in [5.41, 5.74) is 1.89. The number of nitrogens with one attached hydrogen (secondary N) is 3. The second-order valence-electron chi connectivity index (χ2n) is 6.52. The van der Waals surface area contributed by atoms with E-state index in [1.807, 2.05) is 30.5 Å². The molecule has 146 valence electrons. The van der Waals surface area contributed by atoms with E-state index in [4.69, 9.17) is 9.84 Å². The zero-order valence-corrected chi connectivity index (χ0v) is 15.5. The van der Waals surface area contributed by atoms with Crippen molar-refractivity contribution in [3.63, 3.8) is 0 Å². The van der Waals surface area contributed by atoms with Crippen LogP contribution in [0, 0.1) is 5.92 Å². The first-order valence-electron chi connectivity index (χ1n) is 8.81. The number of rotatable bonds is 10. The highest BCUT2D eigenvalue weighted by Gasteiger charge is 2.23. The summed E-state index contributed by atoms with van der Waals surface area (Å²) in [6, 6.07) is 7.00. The van der Waals surface area contributed by atoms with E-state index in [0.717, 1.165) is 16.5 Å². The zero-order chi connectivity index (χ0) is 19.8. The second-order valence-corrected chi connectivity index (χ2v) is 6.52. The number of aromatic amines is 1. The number of carbonyl (C=O) groups excluding carboxylic acids is 2. The van der Waals surface area contributed by atoms with Crippen LogP contribution in [-0.2, 0) is 25.5 Å². The number of aliphatic carboxylic acids is 1. The van der Waals surface area contributed by atoms with Crippen molar-refractivity contribution in [3.05, 3.63) is 36.0 Å². The number of aromatic nitrogens is 1. The van der Waals surface area contributed by atoms with E-state index >= 15 is 0 Å². The van der Waals surface area contributed by atoms with Gasteiger partial charge in [-0.15, -0.1) is 0 Å². The molecule has 2 amide bonds. The van der Waals surface area contributed by atoms with Gasteiger partial charge >= 0.3 is 5.97 Å². The SMILES string of the molecule is CC(C)C(=O)NC(Cc1c[nH]c2ccccc12)C(=O)NCCOCC(=O)O. The maximum atomic E-state index is 12.6. The van der Waals surface area contributed by atoms with Crippen LogP contribution >= 0.6 is 0 Å². The number of hydrogen-bond donors (Lipinski definition) is 4. The Morgan fingerprint density at radius 2 is 1.93 bits per heavy atom. The molecule has 0 fully saturated rings. The van der Waals surface area contributed by atoms with E-state index < -0.39 is 18.6 Å². The van der Waals surface area contributed by atoms with Crippen molar-refractivity contribution < 1.29 is 24.2 Å². The number of para-hydroxylation sites is 1. The minimum atomic E-state index is -1.07. The lowest BCUT2D eigenvalue weighted by molar-refractivity contribution is -0.142. The Labute approximate surface area is 157 Å². The smallest absolute Gasteiger partial charge is 0.329 e. The molecule has 1 atom stereocenters. The predicted octanol–water partition coefficient (Wildman–Crippen LogP) is 1.07. The molecule has 1 aromatic carbocycles. The van der Waals surface area contributed by atoms with Gasteiger partial charge in [-0.1, -0.05) is 32.0 Å². The quantitative estimate of drug-likeness (QED) is 0.463. The molecule has 0 radical (unpaired) electrons. The van der Waals surface area contributed by atoms with E-state index in [9.17, 15) is 14.4 Å². The van der Waals surface area contributed by atoms with E-state index in [0.29, 0.717) is 6.42 Å². The van der Waals surface area contributed by atoms with Gasteiger partial charge in [-0.3, -0.25) is 9.59 Å². The number of carbonyl (C=O) groups is 3. The van der Waals surface area contributed by atoms with Gasteiger partial charge in [0.2, 0.25) is 11.8 Å². The lowest BCUT2D eigenvalue weighted by Crippen LogP contribution is -2.49. The molecular formula is C19H25N3O5. The van der Waals surface area contributed by atoms with Crippen molar-refractivity contribution in [2.75, 3.05) is 19.8 Å². The predicted molar refractivity (Wildman–Crippen MR) is 100 cm³/mol. The van der Waals surface area contributed by atoms with Crippen LogP contribution in [0.1, 0.15) is 19.4 Å². The van der Waals surface area contributed by atoms with Gasteiger partial charge in [0.1, 0.15) is 12.6 Å². The summed E-state index contributed by atoms with van der Waals surface area (Å²) in [4.78, 5) is 38.2. The van der Waals surface area contributed by atoms with Crippen LogP contribution in [0.25, 0.3) is 10.9 Å². The Morgan fingerprint density at radius 3 is 2.63 bits per heavy atom. The van der Waals surface area contributed by atoms with Gasteiger partial charge in [0, 0.05) is 36.0 Å². The lowest BCUT2D eigenvalue weighted by atomic mass is 10.0. The standard InChI is InChI=1S/C19H25N3O5/c1-12(2)18(25)22-16(19(26)20-7-8-27-11-17(23)24)9-13-10-21-15-6-4-3-5-14(13)15/h3-6,10,12,16,21H,7-9,11H2,1-2H3,(H,20,26)(H,22,25)(H,23,24). The van der Waals surface area contributed by atoms with E-state index in [1.54, 1.807) is 13.8 Å². The summed E-state index contributed by atoms with van der Waals surface area (Å²) >= 11 is 0. The van der Waals surface area contributed by atoms with Crippen molar-refractivity contribution in [1.29, 1.82) is 0 Å². The third-order valence-corrected chi connectivity index (χ3v) is 4.03. The molecule has 2 rings (SSSR count). The molecule has 0 spiro atoms. The molecule has 1 unspecified atom stereocenters. The number of benzene rings is 1. The van der Waals surface area contributed by atoms with Gasteiger partial charge in [-0.25, -0.2) is 4.79 Å². The monoisotopic (exact) mass is 375 g/mol. The fraction of sp³-hybridized carbons (Fsp3) is 0.421. The maximum absolute atomic E-state index is 12.6. The van der Waals surface area contributed by atoms with Crippen LogP contribution < -0.4 is 10.6 Å². The number of fused-ring (bicyclic) bond motifs is 1. The Bertz CT molecular complexity index is 799. The van der Waals surface area contributed by atoms with Crippen LogP contribution in [0.2, 0.25) is 0 Å². The Morgan fingerprint density at radius 1 is 1.19 bits per heavy atom. The van der Waals surface area contributed by atoms with Crippen LogP contribution in [0.15, 0.2) is 30.5 Å². The third-order valence-electron chi connectivity index (χ3n) is 4.03. The van der Waals surface area contributed by atoms with Gasteiger partial charge < -0.3 is 25.5 Å². The first kappa shape index (κ1) is 20.4. The molecule has 0 bridgehead atoms. The molecule has 4 N–H and O–H groups in total. The van der Waals surface area contributed by atoms with Gasteiger partial charge in [0.25, 0.3) is 0 Å². The Kier molecular flexibility index (Phi) is 7.36. The molecule has 8 heteroatoms. The highest BCUT2D eigenvalue weighted by atomic mass is 16.5. The molecule has 27 heavy (non-hydrogen) atoms. The van der Waals surface area contributed by atoms with Crippen LogP contribution in [0.4, 0.5) is 0 Å². The molecule has 0 saturated carbocycles. The molecule has 0 aliphatic carbocycles. The van der Waals surface area contributed by atoms with Crippen molar-refractivity contribution in [3.8, 4) is 0 Å². The first-order valence-corrected chi connectivity index (χ1v) is 8.81. The average Bonchev–Trinajstić information content (AvgIpc) is 3.03. The number of hydrogen-bond acceptors (Lipinski definition) is 4. The zero-order valence-electron chi connectivity index (χ0n) is 15.5. The van der Waals surface area contributed by atoms with Crippen LogP contribution in [0.5, 0.6) is 0 Å². The van der Waals surface area contributed by atoms with Crippen molar-refractivity contribution >= 4 is 28.7 Å². The van der Waals surface area contributed by atoms with Crippen LogP contribution in [-0.4, -0.2) is 53.7 Å². The topological polar surface area (TPSA) is 121 Å². The summed E-state index contributed by atoms with van der Waals surface area (Å²) in [6.45, 7) is 3.34. The average molecular weight is 375 g/mol. The first-order chi connectivity index (χ1) is 12.9. The van der Waals surface area contributed by atoms with Crippen molar-refractivity contribution in [2.45, 2.75) is 26.3 Å². The number of amides is 2. The van der Waals surface area contributed by atoms with Gasteiger partial charge in [-0.05, 0) is 11.6 Å². The molecule has 8 nitrogen and oxygen atoms in total. The minimum absolute atomic E-state index is 0.0793. The highest BCUT2D eigenvalue weighted by Crippen LogP contribution is 2.19. The van der Waals surface area contributed by atoms with Gasteiger partial charge in [-0.2, -0.15) is 0 Å². The number of H-pyrrole nitrogens is 1. The summed E-state index contributed by atoms with van der Waals surface area (Å²) < 4.78 is 4.90. The normalized spacial score (nSPS) is 12.1. The minimum Gasteiger partial charge on any atom is -0.480 e. The second kappa shape index (κ2) is 9.72. The van der Waals surface area contributed by atoms with Gasteiger partial charge in [0.15, 0.2) is 0 Å². The molecule has 2 aromatic rings. The van der Waals surface area contributed by atoms with E-state index in [1.165, 1.54) is 0 Å². The Balaban J connectivity index is 2.03. The Hall–Kier alpha value is -2.87. The summed E-state index contributed by atoms with van der Waals surface area (Å²) in [5, 5.41) is 15.0. The number of carboxylic acids is 1. The maximum Gasteiger partial charge on any atom is 0.329 e. The largest absolute Gasteiger partial charge is 0.480 e. The third kappa shape index (κ3) is 6.10.